The maximum Gasteiger partial charge on any atom is 0.303 e. The van der Waals surface area contributed by atoms with Crippen LogP contribution in [0.3, 0.4) is 0 Å². The Bertz CT molecular complexity index is 1120. The smallest absolute Gasteiger partial charge is 0.303 e. The second-order valence-electron chi connectivity index (χ2n) is 8.60. The van der Waals surface area contributed by atoms with E-state index >= 15 is 0 Å². The Morgan fingerprint density at radius 1 is 1.43 bits per heavy atom. The predicted octanol–water partition coefficient (Wildman–Crippen LogP) is 3.69. The van der Waals surface area contributed by atoms with Crippen LogP contribution in [0.2, 0.25) is 0 Å². The highest BCUT2D eigenvalue weighted by molar-refractivity contribution is 6.02. The highest BCUT2D eigenvalue weighted by Gasteiger charge is 2.50. The van der Waals surface area contributed by atoms with Crippen LogP contribution in [0.1, 0.15) is 49.5 Å². The van der Waals surface area contributed by atoms with Crippen molar-refractivity contribution >= 4 is 11.8 Å². The van der Waals surface area contributed by atoms with Crippen LogP contribution in [-0.2, 0) is 27.8 Å². The van der Waals surface area contributed by atoms with Crippen molar-refractivity contribution in [1.29, 1.82) is 5.26 Å². The fraction of sp³-hybridized carbons (Fsp3) is 0.417. The lowest BCUT2D eigenvalue weighted by Crippen LogP contribution is -2.45. The van der Waals surface area contributed by atoms with Gasteiger partial charge in [0.05, 0.1) is 11.3 Å². The van der Waals surface area contributed by atoms with Gasteiger partial charge in [0, 0.05) is 29.1 Å². The summed E-state index contributed by atoms with van der Waals surface area (Å²) in [5.41, 5.74) is 3.77. The minimum atomic E-state index is -0.809. The lowest BCUT2D eigenvalue weighted by atomic mass is 9.58. The number of aromatic nitrogens is 2. The van der Waals surface area contributed by atoms with Gasteiger partial charge in [-0.05, 0) is 49.8 Å². The number of rotatable bonds is 4. The fourth-order valence-electron chi connectivity index (χ4n) is 5.28. The molecule has 0 unspecified atom stereocenters. The zero-order chi connectivity index (χ0) is 21.6. The molecule has 0 spiro atoms. The monoisotopic (exact) mass is 403 g/mol. The number of benzene rings is 1. The summed E-state index contributed by atoms with van der Waals surface area (Å²) in [7, 11) is 0. The van der Waals surface area contributed by atoms with E-state index in [0.717, 1.165) is 41.3 Å². The van der Waals surface area contributed by atoms with Gasteiger partial charge in [-0.2, -0.15) is 5.26 Å². The molecule has 0 amide bonds. The van der Waals surface area contributed by atoms with E-state index in [-0.39, 0.29) is 29.6 Å². The molecule has 0 aliphatic heterocycles. The molecule has 1 N–H and O–H groups in total. The molecular formula is C24H25N3O3. The number of imidazole rings is 1. The average Bonchev–Trinajstić information content (AvgIpc) is 3.06. The molecule has 0 saturated carbocycles. The highest BCUT2D eigenvalue weighted by atomic mass is 16.4. The molecular weight excluding hydrogens is 378 g/mol. The number of fused-ring (bicyclic) bond motifs is 3. The number of carboxylic acid groups (broad SMARTS) is 1. The molecule has 3 atom stereocenters. The van der Waals surface area contributed by atoms with Crippen molar-refractivity contribution in [2.75, 3.05) is 0 Å². The van der Waals surface area contributed by atoms with Gasteiger partial charge in [-0.1, -0.05) is 32.1 Å². The largest absolute Gasteiger partial charge is 0.481 e. The summed E-state index contributed by atoms with van der Waals surface area (Å²) in [6.45, 7) is 5.99. The Morgan fingerprint density at radius 2 is 2.20 bits per heavy atom. The van der Waals surface area contributed by atoms with Crippen LogP contribution in [0, 0.1) is 30.1 Å². The summed E-state index contributed by atoms with van der Waals surface area (Å²) in [5, 5.41) is 18.5. The number of Topliss-reactive ketones (excluding diaryl/α,β-unsaturated/α-hetero) is 1. The number of carbonyl (C=O) groups is 2. The fourth-order valence-corrected chi connectivity index (χ4v) is 5.28. The topological polar surface area (TPSA) is 96.0 Å². The van der Waals surface area contributed by atoms with E-state index in [2.05, 4.69) is 17.6 Å². The van der Waals surface area contributed by atoms with Gasteiger partial charge in [0.15, 0.2) is 5.78 Å². The molecule has 6 heteroatoms. The quantitative estimate of drug-likeness (QED) is 0.840. The van der Waals surface area contributed by atoms with Crippen molar-refractivity contribution in [3.05, 3.63) is 58.7 Å². The van der Waals surface area contributed by atoms with Crippen LogP contribution in [-0.4, -0.2) is 26.4 Å². The summed E-state index contributed by atoms with van der Waals surface area (Å²) in [4.78, 5) is 28.4. The number of carbonyl (C=O) groups excluding carboxylic acids is 1. The van der Waals surface area contributed by atoms with E-state index in [0.29, 0.717) is 6.42 Å². The first-order chi connectivity index (χ1) is 14.3. The molecule has 1 aromatic heterocycles. The number of aryl methyl sites for hydroxylation is 2. The van der Waals surface area contributed by atoms with Gasteiger partial charge in [-0.3, -0.25) is 9.59 Å². The summed E-state index contributed by atoms with van der Waals surface area (Å²) in [6, 6.07) is 10.0. The zero-order valence-corrected chi connectivity index (χ0v) is 17.5. The molecule has 4 rings (SSSR count). The van der Waals surface area contributed by atoms with E-state index in [1.54, 1.807) is 0 Å². The lowest BCUT2D eigenvalue weighted by Gasteiger charge is -2.44. The van der Waals surface area contributed by atoms with E-state index in [4.69, 9.17) is 10.1 Å². The van der Waals surface area contributed by atoms with Gasteiger partial charge in [0.25, 0.3) is 0 Å². The molecule has 0 saturated heterocycles. The van der Waals surface area contributed by atoms with Crippen LogP contribution in [0.4, 0.5) is 0 Å². The Kier molecular flexibility index (Phi) is 4.85. The van der Waals surface area contributed by atoms with Gasteiger partial charge < -0.3 is 9.67 Å². The number of carboxylic acids is 1. The van der Waals surface area contributed by atoms with E-state index in [9.17, 15) is 14.9 Å². The van der Waals surface area contributed by atoms with Crippen molar-refractivity contribution in [2.45, 2.75) is 51.9 Å². The summed E-state index contributed by atoms with van der Waals surface area (Å²) in [6.07, 6.45) is 4.07. The van der Waals surface area contributed by atoms with E-state index in [1.807, 2.05) is 44.2 Å². The minimum absolute atomic E-state index is 0.0642. The third-order valence-electron chi connectivity index (χ3n) is 6.76. The van der Waals surface area contributed by atoms with Gasteiger partial charge in [0.2, 0.25) is 0 Å². The summed E-state index contributed by atoms with van der Waals surface area (Å²) >= 11 is 0. The minimum Gasteiger partial charge on any atom is -0.481 e. The molecule has 2 aliphatic carbocycles. The molecule has 30 heavy (non-hydrogen) atoms. The first-order valence-corrected chi connectivity index (χ1v) is 10.3. The van der Waals surface area contributed by atoms with Gasteiger partial charge >= 0.3 is 5.97 Å². The van der Waals surface area contributed by atoms with Crippen LogP contribution in [0.15, 0.2) is 35.9 Å². The van der Waals surface area contributed by atoms with E-state index in [1.165, 1.54) is 0 Å². The van der Waals surface area contributed by atoms with Crippen molar-refractivity contribution in [2.24, 2.45) is 11.8 Å². The standard InChI is InChI=1S/C24H25N3O3/c1-14-19-8-9-20-23(24(19,3)12-17(13-25)22(14)30)26-15(2)27(20)18-6-4-5-16(11-18)7-10-21(28)29/h4-6,11-12,14,19H,7-10H2,1-3H3,(H,28,29)/t14-,19-,24-/m0/s1. The van der Waals surface area contributed by atoms with Crippen LogP contribution in [0.5, 0.6) is 0 Å². The number of nitrogens with zero attached hydrogens (tertiary/aromatic N) is 3. The molecule has 1 aromatic carbocycles. The zero-order valence-electron chi connectivity index (χ0n) is 17.5. The number of allylic oxidation sites excluding steroid dienone is 2. The number of aliphatic carboxylic acids is 1. The normalized spacial score (nSPS) is 25.1. The molecule has 2 aromatic rings. The maximum atomic E-state index is 12.5. The van der Waals surface area contributed by atoms with Crippen LogP contribution in [0.25, 0.3) is 5.69 Å². The number of nitriles is 1. The van der Waals surface area contributed by atoms with E-state index < -0.39 is 11.4 Å². The first kappa shape index (κ1) is 20.1. The summed E-state index contributed by atoms with van der Waals surface area (Å²) in [5.74, 6) is -0.0945. The van der Waals surface area contributed by atoms with Crippen molar-refractivity contribution < 1.29 is 14.7 Å². The second kappa shape index (κ2) is 7.24. The molecule has 0 fully saturated rings. The maximum absolute atomic E-state index is 12.5. The Labute approximate surface area is 175 Å². The third-order valence-corrected chi connectivity index (χ3v) is 6.76. The van der Waals surface area contributed by atoms with Gasteiger partial charge in [-0.25, -0.2) is 4.98 Å². The van der Waals surface area contributed by atoms with Crippen molar-refractivity contribution in [1.82, 2.24) is 9.55 Å². The summed E-state index contributed by atoms with van der Waals surface area (Å²) < 4.78 is 2.14. The highest BCUT2D eigenvalue weighted by Crippen LogP contribution is 2.49. The molecule has 154 valence electrons. The number of hydrogen-bond acceptors (Lipinski definition) is 4. The Morgan fingerprint density at radius 3 is 2.90 bits per heavy atom. The third kappa shape index (κ3) is 3.06. The molecule has 2 aliphatic rings. The average molecular weight is 403 g/mol. The van der Waals surface area contributed by atoms with Crippen molar-refractivity contribution in [3.8, 4) is 11.8 Å². The molecule has 0 radical (unpaired) electrons. The van der Waals surface area contributed by atoms with Crippen LogP contribution >= 0.6 is 0 Å². The second-order valence-corrected chi connectivity index (χ2v) is 8.60. The van der Waals surface area contributed by atoms with Gasteiger partial charge in [0.1, 0.15) is 11.9 Å². The van der Waals surface area contributed by atoms with Gasteiger partial charge in [-0.15, -0.1) is 0 Å². The SMILES string of the molecule is Cc1nc2c(n1-c1cccc(CCC(=O)O)c1)CC[C@H]1[C@H](C)C(=O)C(C#N)=C[C@]21C. The Hall–Kier alpha value is -3.20. The predicted molar refractivity (Wildman–Crippen MR) is 111 cm³/mol. The molecule has 0 bridgehead atoms. The van der Waals surface area contributed by atoms with Crippen molar-refractivity contribution in [3.63, 3.8) is 0 Å². The number of hydrogen-bond donors (Lipinski definition) is 1. The lowest BCUT2D eigenvalue weighted by molar-refractivity contribution is -0.137. The molecule has 1 heterocycles. The van der Waals surface area contributed by atoms with Crippen LogP contribution < -0.4 is 0 Å². The first-order valence-electron chi connectivity index (χ1n) is 10.3. The Balaban J connectivity index is 1.81. The molecule has 6 nitrogen and oxygen atoms in total. The number of ketones is 1.